The number of nitrogens with one attached hydrogen (secondary N) is 1. The fourth-order valence-electron chi connectivity index (χ4n) is 2.18. The Bertz CT molecular complexity index is 360. The minimum atomic E-state index is 0.419. The summed E-state index contributed by atoms with van der Waals surface area (Å²) in [7, 11) is 2.19. The molecule has 4 nitrogen and oxygen atoms in total. The van der Waals surface area contributed by atoms with Gasteiger partial charge in [-0.25, -0.2) is 4.98 Å². The second-order valence-corrected chi connectivity index (χ2v) is 5.93. The van der Waals surface area contributed by atoms with E-state index >= 15 is 0 Å². The third kappa shape index (κ3) is 4.23. The second kappa shape index (κ2) is 6.50. The number of piperazine rings is 1. The Labute approximate surface area is 118 Å². The molecule has 100 valence electrons. The van der Waals surface area contributed by atoms with Gasteiger partial charge < -0.3 is 10.2 Å². The summed E-state index contributed by atoms with van der Waals surface area (Å²) < 4.78 is 1.01. The molecule has 1 saturated heterocycles. The normalized spacial score (nSPS) is 19.7. The number of hydrogen-bond acceptors (Lipinski definition) is 4. The maximum Gasteiger partial charge on any atom is 0.126 e. The predicted molar refractivity (Wildman–Crippen MR) is 79.0 cm³/mol. The van der Waals surface area contributed by atoms with Crippen molar-refractivity contribution < 1.29 is 0 Å². The number of rotatable bonds is 4. The first-order chi connectivity index (χ1) is 8.63. The van der Waals surface area contributed by atoms with Crippen molar-refractivity contribution in [2.24, 2.45) is 0 Å². The Kier molecular flexibility index (Phi) is 4.97. The lowest BCUT2D eigenvalue weighted by Gasteiger charge is -2.34. The number of nitrogens with zero attached hydrogens (tertiary/aromatic N) is 3. The van der Waals surface area contributed by atoms with Gasteiger partial charge in [0.2, 0.25) is 0 Å². The van der Waals surface area contributed by atoms with Gasteiger partial charge in [0.05, 0.1) is 0 Å². The topological polar surface area (TPSA) is 31.4 Å². The van der Waals surface area contributed by atoms with Crippen molar-refractivity contribution in [1.29, 1.82) is 0 Å². The molecule has 0 aliphatic carbocycles. The molecular formula is C13H21BrN4. The highest BCUT2D eigenvalue weighted by Crippen LogP contribution is 2.11. The van der Waals surface area contributed by atoms with E-state index in [1.165, 1.54) is 13.1 Å². The van der Waals surface area contributed by atoms with Crippen molar-refractivity contribution in [3.05, 3.63) is 22.8 Å². The summed E-state index contributed by atoms with van der Waals surface area (Å²) in [5.74, 6) is 0.944. The van der Waals surface area contributed by atoms with Gasteiger partial charge in [-0.1, -0.05) is 0 Å². The van der Waals surface area contributed by atoms with E-state index in [2.05, 4.69) is 50.0 Å². The maximum absolute atomic E-state index is 4.34. The van der Waals surface area contributed by atoms with Gasteiger partial charge in [-0.3, -0.25) is 4.90 Å². The van der Waals surface area contributed by atoms with Gasteiger partial charge in [-0.15, -0.1) is 0 Å². The van der Waals surface area contributed by atoms with Crippen LogP contribution >= 0.6 is 15.9 Å². The first-order valence-corrected chi connectivity index (χ1v) is 7.22. The molecular weight excluding hydrogens is 292 g/mol. The molecule has 1 aliphatic heterocycles. The van der Waals surface area contributed by atoms with Gasteiger partial charge in [0, 0.05) is 49.4 Å². The zero-order valence-electron chi connectivity index (χ0n) is 11.1. The maximum atomic E-state index is 4.34. The monoisotopic (exact) mass is 312 g/mol. The third-order valence-corrected chi connectivity index (χ3v) is 3.72. The van der Waals surface area contributed by atoms with Crippen LogP contribution in [-0.2, 0) is 0 Å². The molecule has 0 bridgehead atoms. The highest BCUT2D eigenvalue weighted by molar-refractivity contribution is 9.10. The molecule has 2 heterocycles. The SMILES string of the molecule is CC(CN1CCN(C)CC1)Nc1ccc(Br)cn1. The Morgan fingerprint density at radius 1 is 1.33 bits per heavy atom. The van der Waals surface area contributed by atoms with E-state index in [0.29, 0.717) is 6.04 Å². The lowest BCUT2D eigenvalue weighted by Crippen LogP contribution is -2.47. The minimum absolute atomic E-state index is 0.419. The van der Waals surface area contributed by atoms with Crippen LogP contribution in [0, 0.1) is 0 Å². The van der Waals surface area contributed by atoms with Crippen molar-refractivity contribution in [3.8, 4) is 0 Å². The van der Waals surface area contributed by atoms with E-state index in [0.717, 1.165) is 29.9 Å². The molecule has 0 amide bonds. The predicted octanol–water partition coefficient (Wildman–Crippen LogP) is 1.89. The summed E-state index contributed by atoms with van der Waals surface area (Å²) in [5, 5.41) is 3.44. The van der Waals surface area contributed by atoms with Crippen LogP contribution < -0.4 is 5.32 Å². The number of aromatic nitrogens is 1. The number of halogens is 1. The van der Waals surface area contributed by atoms with Crippen molar-refractivity contribution in [2.75, 3.05) is 45.1 Å². The first kappa shape index (κ1) is 13.8. The van der Waals surface area contributed by atoms with E-state index < -0.39 is 0 Å². The van der Waals surface area contributed by atoms with Crippen molar-refractivity contribution in [1.82, 2.24) is 14.8 Å². The average Bonchev–Trinajstić information content (AvgIpc) is 2.35. The van der Waals surface area contributed by atoms with Crippen LogP contribution in [0.1, 0.15) is 6.92 Å². The van der Waals surface area contributed by atoms with E-state index in [9.17, 15) is 0 Å². The molecule has 1 atom stereocenters. The largest absolute Gasteiger partial charge is 0.366 e. The number of anilines is 1. The zero-order valence-corrected chi connectivity index (χ0v) is 12.7. The molecule has 1 aromatic heterocycles. The third-order valence-electron chi connectivity index (χ3n) is 3.25. The Hall–Kier alpha value is -0.650. The molecule has 18 heavy (non-hydrogen) atoms. The summed E-state index contributed by atoms with van der Waals surface area (Å²) in [6, 6.07) is 4.43. The standard InChI is InChI=1S/C13H21BrN4/c1-11(10-18-7-5-17(2)6-8-18)16-13-4-3-12(14)9-15-13/h3-4,9,11H,5-8,10H2,1-2H3,(H,15,16). The van der Waals surface area contributed by atoms with Gasteiger partial charge in [0.1, 0.15) is 5.82 Å². The molecule has 0 spiro atoms. The van der Waals surface area contributed by atoms with Crippen LogP contribution in [0.5, 0.6) is 0 Å². The van der Waals surface area contributed by atoms with E-state index in [1.54, 1.807) is 0 Å². The Morgan fingerprint density at radius 3 is 2.67 bits per heavy atom. The second-order valence-electron chi connectivity index (χ2n) is 5.01. The highest BCUT2D eigenvalue weighted by Gasteiger charge is 2.15. The van der Waals surface area contributed by atoms with Crippen LogP contribution in [0.15, 0.2) is 22.8 Å². The van der Waals surface area contributed by atoms with Gasteiger partial charge in [0.25, 0.3) is 0 Å². The van der Waals surface area contributed by atoms with Gasteiger partial charge in [-0.05, 0) is 42.0 Å². The lowest BCUT2D eigenvalue weighted by molar-refractivity contribution is 0.151. The molecule has 5 heteroatoms. The summed E-state index contributed by atoms with van der Waals surface area (Å²) in [6.45, 7) is 7.95. The number of likely N-dealkylation sites (N-methyl/N-ethyl adjacent to an activating group) is 1. The van der Waals surface area contributed by atoms with Crippen LogP contribution in [0.3, 0.4) is 0 Å². The van der Waals surface area contributed by atoms with E-state index in [1.807, 2.05) is 18.3 Å². The molecule has 0 saturated carbocycles. The summed E-state index contributed by atoms with van der Waals surface area (Å²) >= 11 is 3.39. The molecule has 1 aromatic rings. The number of pyridine rings is 1. The van der Waals surface area contributed by atoms with Gasteiger partial charge in [-0.2, -0.15) is 0 Å². The average molecular weight is 313 g/mol. The fourth-order valence-corrected chi connectivity index (χ4v) is 2.41. The minimum Gasteiger partial charge on any atom is -0.366 e. The summed E-state index contributed by atoms with van der Waals surface area (Å²) in [5.41, 5.74) is 0. The summed E-state index contributed by atoms with van der Waals surface area (Å²) in [4.78, 5) is 9.23. The molecule has 0 aromatic carbocycles. The Morgan fingerprint density at radius 2 is 2.06 bits per heavy atom. The Balaban J connectivity index is 1.78. The molecule has 0 radical (unpaired) electrons. The molecule has 1 aliphatic rings. The van der Waals surface area contributed by atoms with Crippen LogP contribution in [0.4, 0.5) is 5.82 Å². The zero-order chi connectivity index (χ0) is 13.0. The molecule has 2 rings (SSSR count). The summed E-state index contributed by atoms with van der Waals surface area (Å²) in [6.07, 6.45) is 1.82. The van der Waals surface area contributed by atoms with E-state index in [4.69, 9.17) is 0 Å². The lowest BCUT2D eigenvalue weighted by atomic mass is 10.2. The highest BCUT2D eigenvalue weighted by atomic mass is 79.9. The van der Waals surface area contributed by atoms with Crippen LogP contribution in [0.25, 0.3) is 0 Å². The molecule has 1 unspecified atom stereocenters. The van der Waals surface area contributed by atoms with Gasteiger partial charge >= 0.3 is 0 Å². The van der Waals surface area contributed by atoms with Crippen molar-refractivity contribution >= 4 is 21.7 Å². The smallest absolute Gasteiger partial charge is 0.126 e. The van der Waals surface area contributed by atoms with Crippen LogP contribution in [-0.4, -0.2) is 60.6 Å². The van der Waals surface area contributed by atoms with Crippen molar-refractivity contribution in [3.63, 3.8) is 0 Å². The van der Waals surface area contributed by atoms with Gasteiger partial charge in [0.15, 0.2) is 0 Å². The quantitative estimate of drug-likeness (QED) is 0.920. The van der Waals surface area contributed by atoms with Crippen molar-refractivity contribution in [2.45, 2.75) is 13.0 Å². The number of hydrogen-bond donors (Lipinski definition) is 1. The first-order valence-electron chi connectivity index (χ1n) is 6.42. The molecule has 1 N–H and O–H groups in total. The molecule has 1 fully saturated rings. The van der Waals surface area contributed by atoms with E-state index in [-0.39, 0.29) is 0 Å². The fraction of sp³-hybridized carbons (Fsp3) is 0.615. The van der Waals surface area contributed by atoms with Crippen LogP contribution in [0.2, 0.25) is 0 Å².